The average Bonchev–Trinajstić information content (AvgIpc) is 2.14. The minimum Gasteiger partial charge on any atom is -0.327 e. The van der Waals surface area contributed by atoms with Crippen LogP contribution in [0.4, 0.5) is 0 Å². The van der Waals surface area contributed by atoms with Gasteiger partial charge >= 0.3 is 0 Å². The van der Waals surface area contributed by atoms with E-state index in [1.54, 1.807) is 0 Å². The third kappa shape index (κ3) is 0.892. The summed E-state index contributed by atoms with van der Waals surface area (Å²) in [4.78, 5) is 10.1. The van der Waals surface area contributed by atoms with Gasteiger partial charge in [-0.15, -0.1) is 0 Å². The molecule has 0 radical (unpaired) electrons. The lowest BCUT2D eigenvalue weighted by Crippen LogP contribution is -2.24. The van der Waals surface area contributed by atoms with Crippen molar-refractivity contribution >= 4 is 6.29 Å². The molecule has 0 spiro atoms. The molecule has 0 amide bonds. The molecule has 8 heavy (non-hydrogen) atoms. The molecular weight excluding hydrogens is 102 g/mol. The van der Waals surface area contributed by atoms with E-state index >= 15 is 0 Å². The van der Waals surface area contributed by atoms with E-state index in [1.807, 2.05) is 0 Å². The number of aldehydes is 1. The van der Waals surface area contributed by atoms with Gasteiger partial charge in [0.15, 0.2) is 0 Å². The Hall–Kier alpha value is -0.370. The molecule has 0 aromatic rings. The lowest BCUT2D eigenvalue weighted by molar-refractivity contribution is -0.111. The van der Waals surface area contributed by atoms with E-state index in [4.69, 9.17) is 5.73 Å². The molecule has 2 nitrogen and oxygen atoms in total. The van der Waals surface area contributed by atoms with Crippen LogP contribution < -0.4 is 5.73 Å². The molecule has 1 aliphatic carbocycles. The van der Waals surface area contributed by atoms with Crippen LogP contribution in [0.2, 0.25) is 0 Å². The molecule has 2 atom stereocenters. The van der Waals surface area contributed by atoms with Crippen molar-refractivity contribution in [3.05, 3.63) is 0 Å². The van der Waals surface area contributed by atoms with Crippen LogP contribution in [0.1, 0.15) is 19.3 Å². The van der Waals surface area contributed by atoms with Gasteiger partial charge in [0.1, 0.15) is 6.29 Å². The van der Waals surface area contributed by atoms with Crippen LogP contribution in [-0.2, 0) is 4.79 Å². The van der Waals surface area contributed by atoms with Crippen molar-refractivity contribution in [1.29, 1.82) is 0 Å². The summed E-state index contributed by atoms with van der Waals surface area (Å²) in [7, 11) is 0. The highest BCUT2D eigenvalue weighted by molar-refractivity contribution is 5.55. The number of carbonyl (C=O) groups is 1. The average molecular weight is 113 g/mol. The van der Waals surface area contributed by atoms with E-state index in [2.05, 4.69) is 0 Å². The van der Waals surface area contributed by atoms with Gasteiger partial charge in [0, 0.05) is 12.0 Å². The molecule has 0 heterocycles. The molecule has 1 saturated carbocycles. The summed E-state index contributed by atoms with van der Waals surface area (Å²) in [5.41, 5.74) is 5.56. The van der Waals surface area contributed by atoms with Crippen molar-refractivity contribution in [2.75, 3.05) is 0 Å². The standard InChI is InChI=1S/C6H11NO/c7-6-3-1-2-5(6)4-8/h4-6H,1-3,7H2. The second-order valence-electron chi connectivity index (χ2n) is 2.39. The number of hydrogen-bond donors (Lipinski definition) is 1. The van der Waals surface area contributed by atoms with Gasteiger partial charge in [-0.1, -0.05) is 6.42 Å². The van der Waals surface area contributed by atoms with E-state index < -0.39 is 0 Å². The monoisotopic (exact) mass is 113 g/mol. The van der Waals surface area contributed by atoms with Gasteiger partial charge in [0.25, 0.3) is 0 Å². The third-order valence-electron chi connectivity index (χ3n) is 1.80. The zero-order chi connectivity index (χ0) is 5.98. The Kier molecular flexibility index (Phi) is 1.63. The summed E-state index contributed by atoms with van der Waals surface area (Å²) in [6.45, 7) is 0. The lowest BCUT2D eigenvalue weighted by Gasteiger charge is -2.04. The van der Waals surface area contributed by atoms with Crippen LogP contribution in [0.5, 0.6) is 0 Å². The van der Waals surface area contributed by atoms with Gasteiger partial charge in [-0.05, 0) is 12.8 Å². The molecule has 46 valence electrons. The van der Waals surface area contributed by atoms with Crippen LogP contribution in [0.3, 0.4) is 0 Å². The summed E-state index contributed by atoms with van der Waals surface area (Å²) in [5, 5.41) is 0. The van der Waals surface area contributed by atoms with Crippen molar-refractivity contribution in [3.8, 4) is 0 Å². The summed E-state index contributed by atoms with van der Waals surface area (Å²) in [6.07, 6.45) is 4.15. The molecule has 1 rings (SSSR count). The minimum atomic E-state index is 0.160. The fourth-order valence-electron chi connectivity index (χ4n) is 1.19. The molecule has 1 aliphatic rings. The first-order valence-corrected chi connectivity index (χ1v) is 3.05. The normalized spacial score (nSPS) is 37.6. The number of carbonyl (C=O) groups excluding carboxylic acids is 1. The Bertz CT molecular complexity index is 92.5. The fraction of sp³-hybridized carbons (Fsp3) is 0.833. The van der Waals surface area contributed by atoms with Crippen LogP contribution in [0.15, 0.2) is 0 Å². The van der Waals surface area contributed by atoms with Gasteiger partial charge < -0.3 is 10.5 Å². The molecule has 0 bridgehead atoms. The molecule has 0 aliphatic heterocycles. The highest BCUT2D eigenvalue weighted by Gasteiger charge is 2.22. The zero-order valence-corrected chi connectivity index (χ0v) is 4.84. The predicted octanol–water partition coefficient (Wildman–Crippen LogP) is 0.313. The Morgan fingerprint density at radius 1 is 1.50 bits per heavy atom. The zero-order valence-electron chi connectivity index (χ0n) is 4.84. The Labute approximate surface area is 49.1 Å². The van der Waals surface area contributed by atoms with Crippen LogP contribution in [0, 0.1) is 5.92 Å². The molecular formula is C6H11NO. The van der Waals surface area contributed by atoms with Gasteiger partial charge in [0.05, 0.1) is 0 Å². The molecule has 2 unspecified atom stereocenters. The smallest absolute Gasteiger partial charge is 0.124 e. The second-order valence-corrected chi connectivity index (χ2v) is 2.39. The maximum Gasteiger partial charge on any atom is 0.124 e. The van der Waals surface area contributed by atoms with Gasteiger partial charge in [-0.3, -0.25) is 0 Å². The first kappa shape index (κ1) is 5.76. The van der Waals surface area contributed by atoms with Gasteiger partial charge in [-0.2, -0.15) is 0 Å². The second kappa shape index (κ2) is 2.27. The van der Waals surface area contributed by atoms with Gasteiger partial charge in [-0.25, -0.2) is 0 Å². The Morgan fingerprint density at radius 2 is 2.25 bits per heavy atom. The van der Waals surface area contributed by atoms with E-state index in [1.165, 1.54) is 0 Å². The topological polar surface area (TPSA) is 43.1 Å². The Morgan fingerprint density at radius 3 is 2.50 bits per heavy atom. The van der Waals surface area contributed by atoms with Crippen LogP contribution in [-0.4, -0.2) is 12.3 Å². The Balaban J connectivity index is 2.41. The van der Waals surface area contributed by atoms with Crippen molar-refractivity contribution in [2.45, 2.75) is 25.3 Å². The summed E-state index contributed by atoms with van der Waals surface area (Å²) in [5.74, 6) is 0.162. The molecule has 1 fully saturated rings. The van der Waals surface area contributed by atoms with E-state index in [-0.39, 0.29) is 12.0 Å². The van der Waals surface area contributed by atoms with Gasteiger partial charge in [0.2, 0.25) is 0 Å². The fourth-order valence-corrected chi connectivity index (χ4v) is 1.19. The molecule has 0 aromatic carbocycles. The van der Waals surface area contributed by atoms with Crippen molar-refractivity contribution in [2.24, 2.45) is 11.7 Å². The largest absolute Gasteiger partial charge is 0.327 e. The van der Waals surface area contributed by atoms with Crippen LogP contribution >= 0.6 is 0 Å². The van der Waals surface area contributed by atoms with E-state index in [9.17, 15) is 4.79 Å². The lowest BCUT2D eigenvalue weighted by atomic mass is 10.1. The summed E-state index contributed by atoms with van der Waals surface area (Å²) < 4.78 is 0. The quantitative estimate of drug-likeness (QED) is 0.497. The third-order valence-corrected chi connectivity index (χ3v) is 1.80. The van der Waals surface area contributed by atoms with Crippen molar-refractivity contribution in [3.63, 3.8) is 0 Å². The maximum absolute atomic E-state index is 10.1. The maximum atomic E-state index is 10.1. The molecule has 0 aromatic heterocycles. The summed E-state index contributed by atoms with van der Waals surface area (Å²) in [6, 6.07) is 0.160. The number of hydrogen-bond acceptors (Lipinski definition) is 2. The number of nitrogens with two attached hydrogens (primary N) is 1. The summed E-state index contributed by atoms with van der Waals surface area (Å²) >= 11 is 0. The minimum absolute atomic E-state index is 0.160. The first-order valence-electron chi connectivity index (χ1n) is 3.05. The molecule has 2 N–H and O–H groups in total. The highest BCUT2D eigenvalue weighted by atomic mass is 16.1. The molecule has 2 heteroatoms. The van der Waals surface area contributed by atoms with Crippen molar-refractivity contribution in [1.82, 2.24) is 0 Å². The predicted molar refractivity (Wildman–Crippen MR) is 31.4 cm³/mol. The van der Waals surface area contributed by atoms with Crippen LogP contribution in [0.25, 0.3) is 0 Å². The van der Waals surface area contributed by atoms with E-state index in [0.29, 0.717) is 0 Å². The SMILES string of the molecule is NC1CCCC1C=O. The number of rotatable bonds is 1. The highest BCUT2D eigenvalue weighted by Crippen LogP contribution is 2.21. The van der Waals surface area contributed by atoms with E-state index in [0.717, 1.165) is 25.5 Å². The molecule has 0 saturated heterocycles. The van der Waals surface area contributed by atoms with Crippen molar-refractivity contribution < 1.29 is 4.79 Å². The first-order chi connectivity index (χ1) is 3.84.